The summed E-state index contributed by atoms with van der Waals surface area (Å²) >= 11 is 0. The Morgan fingerprint density at radius 3 is 2.84 bits per heavy atom. The van der Waals surface area contributed by atoms with Crippen molar-refractivity contribution in [3.63, 3.8) is 0 Å². The summed E-state index contributed by atoms with van der Waals surface area (Å²) in [6.45, 7) is 2.03. The van der Waals surface area contributed by atoms with Gasteiger partial charge in [-0.15, -0.1) is 0 Å². The molecule has 2 fully saturated rings. The molecule has 1 aromatic heterocycles. The molecule has 5 heteroatoms. The molecule has 1 aliphatic heterocycles. The molecule has 3 rings (SSSR count). The summed E-state index contributed by atoms with van der Waals surface area (Å²) in [6.07, 6.45) is 8.64. The normalized spacial score (nSPS) is 32.2. The van der Waals surface area contributed by atoms with Crippen molar-refractivity contribution in [3.05, 3.63) is 24.5 Å². The van der Waals surface area contributed by atoms with E-state index in [1.807, 2.05) is 6.92 Å². The second-order valence-corrected chi connectivity index (χ2v) is 7.56. The minimum absolute atomic E-state index is 0.110. The minimum Gasteiger partial charge on any atom is -0.263 e. The molecule has 1 aliphatic carbocycles. The van der Waals surface area contributed by atoms with E-state index in [4.69, 9.17) is 0 Å². The number of pyridine rings is 1. The Morgan fingerprint density at radius 1 is 1.32 bits per heavy atom. The van der Waals surface area contributed by atoms with Gasteiger partial charge in [0.05, 0.1) is 0 Å². The molecule has 1 aromatic rings. The van der Waals surface area contributed by atoms with E-state index in [0.717, 1.165) is 19.3 Å². The number of hydrogen-bond acceptors (Lipinski definition) is 3. The molecule has 104 valence electrons. The minimum atomic E-state index is -3.39. The first kappa shape index (κ1) is 13.1. The van der Waals surface area contributed by atoms with Crippen molar-refractivity contribution in [2.45, 2.75) is 56.0 Å². The van der Waals surface area contributed by atoms with E-state index in [0.29, 0.717) is 10.8 Å². The molecular formula is C14H20N2O2S. The highest BCUT2D eigenvalue weighted by Crippen LogP contribution is 2.42. The van der Waals surface area contributed by atoms with E-state index in [1.54, 1.807) is 22.6 Å². The summed E-state index contributed by atoms with van der Waals surface area (Å²) in [7, 11) is -3.39. The fourth-order valence-corrected chi connectivity index (χ4v) is 5.59. The van der Waals surface area contributed by atoms with Gasteiger partial charge in [0.2, 0.25) is 10.0 Å². The van der Waals surface area contributed by atoms with Crippen LogP contribution in [-0.2, 0) is 10.0 Å². The third-order valence-corrected chi connectivity index (χ3v) is 6.51. The molecule has 19 heavy (non-hydrogen) atoms. The van der Waals surface area contributed by atoms with Gasteiger partial charge in [-0.3, -0.25) is 4.98 Å². The molecule has 2 heterocycles. The van der Waals surface area contributed by atoms with E-state index in [9.17, 15) is 8.42 Å². The van der Waals surface area contributed by atoms with E-state index in [2.05, 4.69) is 4.98 Å². The molecule has 0 spiro atoms. The van der Waals surface area contributed by atoms with Crippen LogP contribution >= 0.6 is 0 Å². The van der Waals surface area contributed by atoms with Crippen LogP contribution < -0.4 is 0 Å². The molecule has 3 atom stereocenters. The first-order valence-electron chi connectivity index (χ1n) is 7.04. The second kappa shape index (κ2) is 4.87. The molecule has 4 nitrogen and oxygen atoms in total. The first-order chi connectivity index (χ1) is 9.10. The monoisotopic (exact) mass is 280 g/mol. The van der Waals surface area contributed by atoms with Crippen LogP contribution in [0.25, 0.3) is 0 Å². The fourth-order valence-electron chi connectivity index (χ4n) is 3.70. The molecule has 0 N–H and O–H groups in total. The molecule has 0 bridgehead atoms. The summed E-state index contributed by atoms with van der Waals surface area (Å²) in [5, 5.41) is 0. The lowest BCUT2D eigenvalue weighted by atomic mass is 9.85. The number of hydrogen-bond donors (Lipinski definition) is 0. The van der Waals surface area contributed by atoms with E-state index in [1.165, 1.54) is 19.0 Å². The van der Waals surface area contributed by atoms with Crippen molar-refractivity contribution in [3.8, 4) is 0 Å². The van der Waals surface area contributed by atoms with Crippen molar-refractivity contribution < 1.29 is 8.42 Å². The fraction of sp³-hybridized carbons (Fsp3) is 0.643. The van der Waals surface area contributed by atoms with Crippen molar-refractivity contribution in [2.24, 2.45) is 5.92 Å². The van der Waals surface area contributed by atoms with Gasteiger partial charge in [-0.05, 0) is 44.2 Å². The van der Waals surface area contributed by atoms with Crippen LogP contribution in [0.4, 0.5) is 0 Å². The number of sulfonamides is 1. The Labute approximate surface area is 114 Å². The Morgan fingerprint density at radius 2 is 2.11 bits per heavy atom. The summed E-state index contributed by atoms with van der Waals surface area (Å²) in [4.78, 5) is 4.27. The smallest absolute Gasteiger partial charge is 0.245 e. The number of rotatable bonds is 2. The lowest BCUT2D eigenvalue weighted by Gasteiger charge is -2.32. The summed E-state index contributed by atoms with van der Waals surface area (Å²) < 4.78 is 27.3. The predicted molar refractivity (Wildman–Crippen MR) is 73.1 cm³/mol. The van der Waals surface area contributed by atoms with E-state index >= 15 is 0 Å². The Kier molecular flexibility index (Phi) is 3.35. The van der Waals surface area contributed by atoms with Crippen LogP contribution in [0.2, 0.25) is 0 Å². The van der Waals surface area contributed by atoms with Crippen molar-refractivity contribution in [1.29, 1.82) is 0 Å². The Bertz CT molecular complexity index is 544. The molecule has 0 amide bonds. The number of nitrogens with zero attached hydrogens (tertiary/aromatic N) is 2. The van der Waals surface area contributed by atoms with Gasteiger partial charge in [-0.25, -0.2) is 8.42 Å². The van der Waals surface area contributed by atoms with E-state index in [-0.39, 0.29) is 12.1 Å². The Hall–Kier alpha value is -0.940. The average Bonchev–Trinajstić information content (AvgIpc) is 2.76. The van der Waals surface area contributed by atoms with Crippen molar-refractivity contribution in [1.82, 2.24) is 9.29 Å². The SMILES string of the molecule is CC1CC2CCCCC2N1S(=O)(=O)c1cccnc1. The number of aromatic nitrogens is 1. The molecule has 3 unspecified atom stereocenters. The van der Waals surface area contributed by atoms with Gasteiger partial charge >= 0.3 is 0 Å². The van der Waals surface area contributed by atoms with Crippen molar-refractivity contribution >= 4 is 10.0 Å². The van der Waals surface area contributed by atoms with Gasteiger partial charge in [-0.1, -0.05) is 12.8 Å². The van der Waals surface area contributed by atoms with Gasteiger partial charge in [0, 0.05) is 24.5 Å². The molecular weight excluding hydrogens is 260 g/mol. The summed E-state index contributed by atoms with van der Waals surface area (Å²) in [5.74, 6) is 0.551. The third-order valence-electron chi connectivity index (χ3n) is 4.48. The van der Waals surface area contributed by atoms with Gasteiger partial charge in [0.25, 0.3) is 0 Å². The largest absolute Gasteiger partial charge is 0.263 e. The zero-order valence-corrected chi connectivity index (χ0v) is 12.0. The molecule has 1 saturated carbocycles. The first-order valence-corrected chi connectivity index (χ1v) is 8.48. The molecule has 1 saturated heterocycles. The van der Waals surface area contributed by atoms with Gasteiger partial charge in [0.15, 0.2) is 0 Å². The standard InChI is InChI=1S/C14H20N2O2S/c1-11-9-12-5-2-3-7-14(12)16(11)19(17,18)13-6-4-8-15-10-13/h4,6,8,10-12,14H,2-3,5,7,9H2,1H3. The van der Waals surface area contributed by atoms with Crippen LogP contribution in [0.15, 0.2) is 29.4 Å². The highest BCUT2D eigenvalue weighted by Gasteiger charge is 2.46. The lowest BCUT2D eigenvalue weighted by Crippen LogP contribution is -2.42. The zero-order chi connectivity index (χ0) is 13.5. The highest BCUT2D eigenvalue weighted by atomic mass is 32.2. The van der Waals surface area contributed by atoms with E-state index < -0.39 is 10.0 Å². The average molecular weight is 280 g/mol. The quantitative estimate of drug-likeness (QED) is 0.836. The topological polar surface area (TPSA) is 50.3 Å². The summed E-state index contributed by atoms with van der Waals surface area (Å²) in [5.41, 5.74) is 0. The number of fused-ring (bicyclic) bond motifs is 1. The third kappa shape index (κ3) is 2.19. The van der Waals surface area contributed by atoms with Gasteiger partial charge < -0.3 is 0 Å². The molecule has 0 aromatic carbocycles. The van der Waals surface area contributed by atoms with Crippen LogP contribution in [0, 0.1) is 5.92 Å². The molecule has 2 aliphatic rings. The maximum absolute atomic E-state index is 12.8. The van der Waals surface area contributed by atoms with Crippen LogP contribution in [-0.4, -0.2) is 29.8 Å². The maximum atomic E-state index is 12.8. The molecule has 0 radical (unpaired) electrons. The second-order valence-electron chi connectivity index (χ2n) is 5.72. The van der Waals surface area contributed by atoms with Gasteiger partial charge in [0.1, 0.15) is 4.90 Å². The van der Waals surface area contributed by atoms with Gasteiger partial charge in [-0.2, -0.15) is 4.31 Å². The summed E-state index contributed by atoms with van der Waals surface area (Å²) in [6, 6.07) is 3.64. The highest BCUT2D eigenvalue weighted by molar-refractivity contribution is 7.89. The predicted octanol–water partition coefficient (Wildman–Crippen LogP) is 2.42. The zero-order valence-electron chi connectivity index (χ0n) is 11.2. The van der Waals surface area contributed by atoms with Crippen LogP contribution in [0.1, 0.15) is 39.0 Å². The van der Waals surface area contributed by atoms with Crippen molar-refractivity contribution in [2.75, 3.05) is 0 Å². The van der Waals surface area contributed by atoms with Crippen LogP contribution in [0.5, 0.6) is 0 Å². The lowest BCUT2D eigenvalue weighted by molar-refractivity contribution is 0.248. The van der Waals surface area contributed by atoms with Crippen LogP contribution in [0.3, 0.4) is 0 Å². The Balaban J connectivity index is 1.96. The maximum Gasteiger partial charge on any atom is 0.245 e.